The maximum atomic E-state index is 13.2. The molecular formula is C22H31N5O4. The number of hydrogen-bond donors (Lipinski definition) is 0. The van der Waals surface area contributed by atoms with Gasteiger partial charge in [0.15, 0.2) is 5.69 Å². The molecule has 31 heavy (non-hydrogen) atoms. The second-order valence-corrected chi connectivity index (χ2v) is 7.63. The summed E-state index contributed by atoms with van der Waals surface area (Å²) in [6.45, 7) is 7.06. The summed E-state index contributed by atoms with van der Waals surface area (Å²) < 4.78 is 12.4. The zero-order valence-corrected chi connectivity index (χ0v) is 18.7. The van der Waals surface area contributed by atoms with Crippen molar-refractivity contribution in [2.24, 2.45) is 5.92 Å². The second-order valence-electron chi connectivity index (χ2n) is 7.63. The maximum Gasteiger partial charge on any atom is 0.276 e. The Morgan fingerprint density at radius 2 is 1.97 bits per heavy atom. The van der Waals surface area contributed by atoms with Gasteiger partial charge in [0.25, 0.3) is 11.8 Å². The lowest BCUT2D eigenvalue weighted by Crippen LogP contribution is -2.41. The van der Waals surface area contributed by atoms with E-state index >= 15 is 0 Å². The van der Waals surface area contributed by atoms with Crippen LogP contribution in [0.5, 0.6) is 11.5 Å². The molecule has 0 spiro atoms. The van der Waals surface area contributed by atoms with Crippen LogP contribution >= 0.6 is 0 Å². The van der Waals surface area contributed by atoms with Crippen molar-refractivity contribution in [3.8, 4) is 11.5 Å². The minimum Gasteiger partial charge on any atom is -0.497 e. The van der Waals surface area contributed by atoms with Gasteiger partial charge in [0, 0.05) is 32.7 Å². The summed E-state index contributed by atoms with van der Waals surface area (Å²) >= 11 is 0. The third-order valence-electron chi connectivity index (χ3n) is 5.70. The van der Waals surface area contributed by atoms with Crippen LogP contribution in [0.25, 0.3) is 0 Å². The molecule has 1 aliphatic heterocycles. The van der Waals surface area contributed by atoms with E-state index in [1.54, 1.807) is 48.2 Å². The van der Waals surface area contributed by atoms with Gasteiger partial charge in [-0.15, -0.1) is 5.10 Å². The summed E-state index contributed by atoms with van der Waals surface area (Å²) in [6, 6.07) is 5.24. The van der Waals surface area contributed by atoms with E-state index in [4.69, 9.17) is 9.47 Å². The van der Waals surface area contributed by atoms with E-state index < -0.39 is 0 Å². The van der Waals surface area contributed by atoms with Gasteiger partial charge in [0.2, 0.25) is 0 Å². The van der Waals surface area contributed by atoms with E-state index in [-0.39, 0.29) is 17.7 Å². The van der Waals surface area contributed by atoms with Crippen LogP contribution < -0.4 is 9.47 Å². The van der Waals surface area contributed by atoms with Gasteiger partial charge in [0.05, 0.1) is 26.0 Å². The van der Waals surface area contributed by atoms with Crippen LogP contribution in [-0.4, -0.2) is 77.0 Å². The zero-order valence-electron chi connectivity index (χ0n) is 18.7. The van der Waals surface area contributed by atoms with Crippen molar-refractivity contribution in [1.29, 1.82) is 0 Å². The normalized spacial score (nSPS) is 16.1. The highest BCUT2D eigenvalue weighted by Gasteiger charge is 2.27. The number of piperidine rings is 1. The van der Waals surface area contributed by atoms with Gasteiger partial charge in [-0.2, -0.15) is 0 Å². The first kappa shape index (κ1) is 22.6. The van der Waals surface area contributed by atoms with E-state index in [0.29, 0.717) is 55.5 Å². The predicted octanol–water partition coefficient (Wildman–Crippen LogP) is 2.33. The molecular weight excluding hydrogens is 398 g/mol. The largest absolute Gasteiger partial charge is 0.497 e. The smallest absolute Gasteiger partial charge is 0.276 e. The van der Waals surface area contributed by atoms with E-state index in [2.05, 4.69) is 10.3 Å². The van der Waals surface area contributed by atoms with Crippen LogP contribution in [0.2, 0.25) is 0 Å². The van der Waals surface area contributed by atoms with Crippen LogP contribution in [0.1, 0.15) is 47.5 Å². The Hall–Kier alpha value is -3.10. The number of nitrogens with zero attached hydrogens (tertiary/aromatic N) is 5. The van der Waals surface area contributed by atoms with Gasteiger partial charge < -0.3 is 19.3 Å². The van der Waals surface area contributed by atoms with E-state index in [9.17, 15) is 9.59 Å². The molecule has 3 rings (SSSR count). The lowest BCUT2D eigenvalue weighted by atomic mass is 9.97. The molecule has 1 aromatic carbocycles. The first-order chi connectivity index (χ1) is 15.0. The molecule has 1 aromatic heterocycles. The van der Waals surface area contributed by atoms with Crippen LogP contribution in [0.15, 0.2) is 24.4 Å². The molecule has 2 heterocycles. The minimum atomic E-state index is -0.109. The number of amides is 2. The lowest BCUT2D eigenvalue weighted by Gasteiger charge is -2.33. The van der Waals surface area contributed by atoms with Crippen LogP contribution in [-0.2, 0) is 6.54 Å². The standard InChI is InChI=1S/C22H31N5O4/c1-5-25(6-2)22(29)19-15-27(24-23-19)14-16-8-7-11-26(13-16)21(28)18-12-17(30-3)9-10-20(18)31-4/h9-10,12,15-16H,5-8,11,13-14H2,1-4H3/t16-/m0/s1. The summed E-state index contributed by atoms with van der Waals surface area (Å²) in [6.07, 6.45) is 3.59. The molecule has 0 radical (unpaired) electrons. The molecule has 9 heteroatoms. The van der Waals surface area contributed by atoms with Crippen molar-refractivity contribution in [3.63, 3.8) is 0 Å². The van der Waals surface area contributed by atoms with E-state index in [1.807, 2.05) is 18.7 Å². The van der Waals surface area contributed by atoms with Gasteiger partial charge in [-0.1, -0.05) is 5.21 Å². The lowest BCUT2D eigenvalue weighted by molar-refractivity contribution is 0.0655. The Morgan fingerprint density at radius 3 is 2.65 bits per heavy atom. The average molecular weight is 430 g/mol. The molecule has 0 unspecified atom stereocenters. The molecule has 0 bridgehead atoms. The summed E-state index contributed by atoms with van der Waals surface area (Å²) in [4.78, 5) is 29.2. The van der Waals surface area contributed by atoms with E-state index in [0.717, 1.165) is 12.8 Å². The number of aromatic nitrogens is 3. The van der Waals surface area contributed by atoms with Crippen LogP contribution in [0.3, 0.4) is 0 Å². The van der Waals surface area contributed by atoms with Crippen molar-refractivity contribution in [3.05, 3.63) is 35.7 Å². The quantitative estimate of drug-likeness (QED) is 0.640. The fourth-order valence-electron chi connectivity index (χ4n) is 3.97. The number of carbonyl (C=O) groups is 2. The number of methoxy groups -OCH3 is 2. The van der Waals surface area contributed by atoms with Gasteiger partial charge in [-0.25, -0.2) is 0 Å². The molecule has 2 aromatic rings. The fraction of sp³-hybridized carbons (Fsp3) is 0.545. The number of likely N-dealkylation sites (tertiary alicyclic amines) is 1. The predicted molar refractivity (Wildman–Crippen MR) is 115 cm³/mol. The molecule has 9 nitrogen and oxygen atoms in total. The number of benzene rings is 1. The molecule has 168 valence electrons. The minimum absolute atomic E-state index is 0.0727. The van der Waals surface area contributed by atoms with Crippen molar-refractivity contribution in [2.45, 2.75) is 33.2 Å². The summed E-state index contributed by atoms with van der Waals surface area (Å²) in [7, 11) is 3.13. The third kappa shape index (κ3) is 5.15. The van der Waals surface area contributed by atoms with Crippen LogP contribution in [0.4, 0.5) is 0 Å². The maximum absolute atomic E-state index is 13.2. The molecule has 0 saturated carbocycles. The van der Waals surface area contributed by atoms with Crippen molar-refractivity contribution >= 4 is 11.8 Å². The van der Waals surface area contributed by atoms with Gasteiger partial charge >= 0.3 is 0 Å². The van der Waals surface area contributed by atoms with Crippen molar-refractivity contribution < 1.29 is 19.1 Å². The SMILES string of the molecule is CCN(CC)C(=O)c1cn(C[C@H]2CCCN(C(=O)c3cc(OC)ccc3OC)C2)nn1. The Morgan fingerprint density at radius 1 is 1.19 bits per heavy atom. The second kappa shape index (κ2) is 10.3. The first-order valence-corrected chi connectivity index (χ1v) is 10.7. The number of hydrogen-bond acceptors (Lipinski definition) is 6. The number of rotatable bonds is 8. The highest BCUT2D eigenvalue weighted by atomic mass is 16.5. The molecule has 0 aliphatic carbocycles. The zero-order chi connectivity index (χ0) is 22.4. The average Bonchev–Trinajstić information content (AvgIpc) is 3.27. The Kier molecular flexibility index (Phi) is 7.49. The number of ether oxygens (including phenoxy) is 2. The number of carbonyl (C=O) groups excluding carboxylic acids is 2. The Bertz CT molecular complexity index is 909. The highest BCUT2D eigenvalue weighted by molar-refractivity contribution is 5.97. The monoisotopic (exact) mass is 429 g/mol. The van der Waals surface area contributed by atoms with Gasteiger partial charge in [-0.05, 0) is 50.8 Å². The molecule has 1 fully saturated rings. The topological polar surface area (TPSA) is 89.8 Å². The van der Waals surface area contributed by atoms with Crippen LogP contribution in [0, 0.1) is 5.92 Å². The first-order valence-electron chi connectivity index (χ1n) is 10.7. The summed E-state index contributed by atoms with van der Waals surface area (Å²) in [5.41, 5.74) is 0.851. The Balaban J connectivity index is 1.68. The fourth-order valence-corrected chi connectivity index (χ4v) is 3.97. The van der Waals surface area contributed by atoms with Crippen molar-refractivity contribution in [2.75, 3.05) is 40.4 Å². The Labute approximate surface area is 182 Å². The summed E-state index contributed by atoms with van der Waals surface area (Å²) in [5, 5.41) is 8.19. The molecule has 0 N–H and O–H groups in total. The van der Waals surface area contributed by atoms with Gasteiger partial charge in [-0.3, -0.25) is 14.3 Å². The van der Waals surface area contributed by atoms with Crippen molar-refractivity contribution in [1.82, 2.24) is 24.8 Å². The third-order valence-corrected chi connectivity index (χ3v) is 5.70. The molecule has 1 saturated heterocycles. The van der Waals surface area contributed by atoms with E-state index in [1.165, 1.54) is 0 Å². The van der Waals surface area contributed by atoms with Gasteiger partial charge in [0.1, 0.15) is 11.5 Å². The highest BCUT2D eigenvalue weighted by Crippen LogP contribution is 2.27. The molecule has 1 atom stereocenters. The molecule has 1 aliphatic rings. The summed E-state index contributed by atoms with van der Waals surface area (Å²) in [5.74, 6) is 1.19. The molecule has 2 amide bonds.